The number of carbonyl (C=O) groups is 1. The number of hydrogen-bond acceptors (Lipinski definition) is 4. The molecule has 1 saturated heterocycles. The van der Waals surface area contributed by atoms with Crippen LogP contribution in [0.4, 0.5) is 0 Å². The highest BCUT2D eigenvalue weighted by atomic mass is 32.2. The van der Waals surface area contributed by atoms with Gasteiger partial charge in [-0.3, -0.25) is 4.79 Å². The topological polar surface area (TPSA) is 38.3 Å². The molecule has 0 aromatic rings. The molecule has 4 heteroatoms. The molecule has 0 aromatic heterocycles. The zero-order valence-electron chi connectivity index (χ0n) is 8.04. The summed E-state index contributed by atoms with van der Waals surface area (Å²) in [6, 6.07) is 0. The molecule has 13 heavy (non-hydrogen) atoms. The lowest BCUT2D eigenvalue weighted by Gasteiger charge is -2.08. The van der Waals surface area contributed by atoms with Gasteiger partial charge in [-0.25, -0.2) is 0 Å². The molecule has 0 amide bonds. The van der Waals surface area contributed by atoms with E-state index in [9.17, 15) is 4.79 Å². The van der Waals surface area contributed by atoms with Gasteiger partial charge >= 0.3 is 5.97 Å². The van der Waals surface area contributed by atoms with Crippen LogP contribution in [0.15, 0.2) is 0 Å². The first-order chi connectivity index (χ1) is 6.33. The van der Waals surface area contributed by atoms with Gasteiger partial charge in [0.15, 0.2) is 0 Å². The van der Waals surface area contributed by atoms with E-state index in [-0.39, 0.29) is 5.97 Å². The Bertz CT molecular complexity index is 158. The normalized spacial score (nSPS) is 21.8. The van der Waals surface area contributed by atoms with Crippen LogP contribution >= 0.6 is 11.8 Å². The van der Waals surface area contributed by atoms with Crippen LogP contribution in [-0.4, -0.2) is 36.7 Å². The van der Waals surface area contributed by atoms with Gasteiger partial charge in [0.2, 0.25) is 0 Å². The fraction of sp³-hybridized carbons (Fsp3) is 0.889. The molecule has 1 aliphatic rings. The van der Waals surface area contributed by atoms with Gasteiger partial charge in [0.1, 0.15) is 0 Å². The summed E-state index contributed by atoms with van der Waals surface area (Å²) in [6.07, 6.45) is 2.59. The number of esters is 1. The second-order valence-corrected chi connectivity index (χ2v) is 4.48. The van der Waals surface area contributed by atoms with Crippen molar-refractivity contribution >= 4 is 17.7 Å². The van der Waals surface area contributed by atoms with E-state index in [1.165, 1.54) is 18.6 Å². The maximum atomic E-state index is 10.9. The Kier molecular flexibility index (Phi) is 5.23. The van der Waals surface area contributed by atoms with Crippen molar-refractivity contribution in [2.75, 3.05) is 25.4 Å². The van der Waals surface area contributed by atoms with E-state index in [1.807, 2.05) is 18.7 Å². The first-order valence-electron chi connectivity index (χ1n) is 4.81. The molecule has 1 N–H and O–H groups in total. The highest BCUT2D eigenvalue weighted by molar-refractivity contribution is 8.00. The molecule has 1 aliphatic heterocycles. The van der Waals surface area contributed by atoms with E-state index in [0.29, 0.717) is 18.4 Å². The maximum absolute atomic E-state index is 10.9. The summed E-state index contributed by atoms with van der Waals surface area (Å²) >= 11 is 1.99. The van der Waals surface area contributed by atoms with Gasteiger partial charge in [-0.05, 0) is 25.5 Å². The Labute approximate surface area is 83.6 Å². The van der Waals surface area contributed by atoms with Gasteiger partial charge in [-0.2, -0.15) is 11.8 Å². The van der Waals surface area contributed by atoms with Crippen molar-refractivity contribution in [3.63, 3.8) is 0 Å². The van der Waals surface area contributed by atoms with Crippen molar-refractivity contribution in [2.24, 2.45) is 0 Å². The molecule has 1 atom stereocenters. The van der Waals surface area contributed by atoms with Gasteiger partial charge in [0.05, 0.1) is 13.2 Å². The molecule has 1 heterocycles. The minimum absolute atomic E-state index is 0.148. The van der Waals surface area contributed by atoms with Crippen LogP contribution in [0, 0.1) is 0 Å². The Morgan fingerprint density at radius 3 is 3.15 bits per heavy atom. The second kappa shape index (κ2) is 6.27. The molecule has 0 aromatic carbocycles. The van der Waals surface area contributed by atoms with Crippen molar-refractivity contribution in [3.05, 3.63) is 0 Å². The number of carbonyl (C=O) groups excluding carboxylic acids is 1. The molecule has 0 radical (unpaired) electrons. The zero-order valence-corrected chi connectivity index (χ0v) is 8.86. The van der Waals surface area contributed by atoms with E-state index < -0.39 is 0 Å². The van der Waals surface area contributed by atoms with Crippen molar-refractivity contribution in [1.82, 2.24) is 5.32 Å². The van der Waals surface area contributed by atoms with Crippen LogP contribution in [0.5, 0.6) is 0 Å². The molecular weight excluding hydrogens is 186 g/mol. The highest BCUT2D eigenvalue weighted by Crippen LogP contribution is 2.24. The number of hydrogen-bond donors (Lipinski definition) is 1. The molecule has 0 bridgehead atoms. The van der Waals surface area contributed by atoms with E-state index in [4.69, 9.17) is 4.74 Å². The molecule has 76 valence electrons. The van der Waals surface area contributed by atoms with Crippen LogP contribution in [0.1, 0.15) is 19.8 Å². The van der Waals surface area contributed by atoms with Gasteiger partial charge < -0.3 is 10.1 Å². The quantitative estimate of drug-likeness (QED) is 0.677. The Morgan fingerprint density at radius 1 is 1.69 bits per heavy atom. The van der Waals surface area contributed by atoms with Crippen molar-refractivity contribution in [1.29, 1.82) is 0 Å². The van der Waals surface area contributed by atoms with Crippen molar-refractivity contribution in [3.8, 4) is 0 Å². The lowest BCUT2D eigenvalue weighted by Crippen LogP contribution is -2.29. The van der Waals surface area contributed by atoms with Crippen LogP contribution in [0.2, 0.25) is 0 Å². The number of rotatable bonds is 5. The van der Waals surface area contributed by atoms with Crippen LogP contribution < -0.4 is 5.32 Å². The molecule has 1 fully saturated rings. The molecule has 3 nitrogen and oxygen atoms in total. The molecule has 1 unspecified atom stereocenters. The van der Waals surface area contributed by atoms with Crippen molar-refractivity contribution in [2.45, 2.75) is 25.0 Å². The van der Waals surface area contributed by atoms with E-state index in [0.717, 1.165) is 6.54 Å². The SMILES string of the molecule is CCOC(=O)CNCC1CCCS1. The van der Waals surface area contributed by atoms with Gasteiger partial charge in [-0.1, -0.05) is 0 Å². The fourth-order valence-corrected chi connectivity index (χ4v) is 2.59. The monoisotopic (exact) mass is 203 g/mol. The molecule has 0 saturated carbocycles. The summed E-state index contributed by atoms with van der Waals surface area (Å²) in [5.41, 5.74) is 0. The summed E-state index contributed by atoms with van der Waals surface area (Å²) in [6.45, 7) is 3.58. The summed E-state index contributed by atoms with van der Waals surface area (Å²) < 4.78 is 4.80. The zero-order chi connectivity index (χ0) is 9.52. The first-order valence-corrected chi connectivity index (χ1v) is 5.85. The molecule has 0 aliphatic carbocycles. The Hall–Kier alpha value is -0.220. The van der Waals surface area contributed by atoms with Gasteiger partial charge in [-0.15, -0.1) is 0 Å². The second-order valence-electron chi connectivity index (χ2n) is 3.07. The molecule has 1 rings (SSSR count). The fourth-order valence-electron chi connectivity index (χ4n) is 1.35. The third kappa shape index (κ3) is 4.52. The van der Waals surface area contributed by atoms with Crippen LogP contribution in [0.25, 0.3) is 0 Å². The average molecular weight is 203 g/mol. The largest absolute Gasteiger partial charge is 0.465 e. The summed E-state index contributed by atoms with van der Waals surface area (Å²) in [5.74, 6) is 1.12. The standard InChI is InChI=1S/C9H17NO2S/c1-2-12-9(11)7-10-6-8-4-3-5-13-8/h8,10H,2-7H2,1H3. The first kappa shape index (κ1) is 10.9. The Morgan fingerprint density at radius 2 is 2.54 bits per heavy atom. The van der Waals surface area contributed by atoms with Crippen LogP contribution in [-0.2, 0) is 9.53 Å². The van der Waals surface area contributed by atoms with Gasteiger partial charge in [0, 0.05) is 11.8 Å². The average Bonchev–Trinajstić information content (AvgIpc) is 2.57. The summed E-state index contributed by atoms with van der Waals surface area (Å²) in [7, 11) is 0. The number of nitrogens with one attached hydrogen (secondary N) is 1. The van der Waals surface area contributed by atoms with Crippen LogP contribution in [0.3, 0.4) is 0 Å². The maximum Gasteiger partial charge on any atom is 0.319 e. The predicted molar refractivity (Wildman–Crippen MR) is 55.0 cm³/mol. The smallest absolute Gasteiger partial charge is 0.319 e. The van der Waals surface area contributed by atoms with E-state index in [2.05, 4.69) is 5.32 Å². The Balaban J connectivity index is 1.96. The van der Waals surface area contributed by atoms with Gasteiger partial charge in [0.25, 0.3) is 0 Å². The summed E-state index contributed by atoms with van der Waals surface area (Å²) in [5, 5.41) is 3.82. The third-order valence-corrected chi connectivity index (χ3v) is 3.37. The van der Waals surface area contributed by atoms with Crippen molar-refractivity contribution < 1.29 is 9.53 Å². The van der Waals surface area contributed by atoms with E-state index >= 15 is 0 Å². The number of thioether (sulfide) groups is 1. The summed E-state index contributed by atoms with van der Waals surface area (Å²) in [4.78, 5) is 10.9. The number of ether oxygens (including phenoxy) is 1. The molecule has 0 spiro atoms. The lowest BCUT2D eigenvalue weighted by atomic mass is 10.2. The van der Waals surface area contributed by atoms with E-state index in [1.54, 1.807) is 0 Å². The lowest BCUT2D eigenvalue weighted by molar-refractivity contribution is -0.141. The predicted octanol–water partition coefficient (Wildman–Crippen LogP) is 1.03. The minimum Gasteiger partial charge on any atom is -0.465 e. The minimum atomic E-state index is -0.148. The molecular formula is C9H17NO2S. The third-order valence-electron chi connectivity index (χ3n) is 1.97. The highest BCUT2D eigenvalue weighted by Gasteiger charge is 2.15.